The maximum atomic E-state index is 4.21. The molecule has 10 heavy (non-hydrogen) atoms. The number of benzene rings is 1. The van der Waals surface area contributed by atoms with E-state index in [2.05, 4.69) is 40.2 Å². The molecule has 1 aromatic rings. The molecule has 0 heterocycles. The van der Waals surface area contributed by atoms with Gasteiger partial charge in [-0.2, -0.15) is 0 Å². The molecule has 0 aromatic heterocycles. The lowest BCUT2D eigenvalue weighted by molar-refractivity contribution is 1.40. The molecule has 3 heteroatoms. The van der Waals surface area contributed by atoms with Crippen LogP contribution in [0.2, 0.25) is 0 Å². The number of rotatable bonds is 1. The van der Waals surface area contributed by atoms with Crippen molar-refractivity contribution in [1.82, 2.24) is 0 Å². The van der Waals surface area contributed by atoms with Gasteiger partial charge in [0.15, 0.2) is 0 Å². The first-order valence-electron chi connectivity index (χ1n) is 2.75. The van der Waals surface area contributed by atoms with Crippen molar-refractivity contribution in [3.8, 4) is 0 Å². The molecular weight excluding hydrogens is 257 g/mol. The quantitative estimate of drug-likeness (QED) is 0.454. The minimum atomic E-state index is 0.912. The summed E-state index contributed by atoms with van der Waals surface area (Å²) >= 11 is 6.30. The van der Waals surface area contributed by atoms with E-state index in [1.54, 1.807) is 4.22 Å². The molecule has 0 unspecified atom stereocenters. The van der Waals surface area contributed by atoms with E-state index >= 15 is 0 Å². The van der Waals surface area contributed by atoms with E-state index in [0.717, 1.165) is 10.6 Å². The van der Waals surface area contributed by atoms with Gasteiger partial charge in [-0.3, -0.25) is 0 Å². The van der Waals surface area contributed by atoms with E-state index in [9.17, 15) is 0 Å². The molecule has 0 aliphatic carbocycles. The topological polar surface area (TPSA) is 12.4 Å². The Morgan fingerprint density at radius 2 is 2.10 bits per heavy atom. The van der Waals surface area contributed by atoms with Crippen molar-refractivity contribution in [2.45, 2.75) is 4.90 Å². The van der Waals surface area contributed by atoms with E-state index in [4.69, 9.17) is 0 Å². The van der Waals surface area contributed by atoms with Crippen LogP contribution >= 0.6 is 35.2 Å². The first-order chi connectivity index (χ1) is 4.84. The molecule has 0 saturated heterocycles. The van der Waals surface area contributed by atoms with Crippen molar-refractivity contribution in [3.05, 3.63) is 24.3 Å². The number of halogens is 1. The van der Waals surface area contributed by atoms with Crippen LogP contribution < -0.4 is 0 Å². The molecule has 1 nitrogen and oxygen atoms in total. The average molecular weight is 263 g/mol. The third kappa shape index (κ3) is 1.98. The highest BCUT2D eigenvalue weighted by Crippen LogP contribution is 2.21. The van der Waals surface area contributed by atoms with Gasteiger partial charge in [0, 0.05) is 4.90 Å². The summed E-state index contributed by atoms with van der Waals surface area (Å²) in [5.74, 6) is 0. The van der Waals surface area contributed by atoms with Gasteiger partial charge < -0.3 is 0 Å². The molecule has 0 aliphatic heterocycles. The SMILES string of the molecule is Sc1ccccc1N=CI. The zero-order valence-corrected chi connectivity index (χ0v) is 8.21. The Morgan fingerprint density at radius 1 is 1.40 bits per heavy atom. The van der Waals surface area contributed by atoms with Crippen molar-refractivity contribution in [2.24, 2.45) is 4.99 Å². The third-order valence-corrected chi connectivity index (χ3v) is 1.73. The fraction of sp³-hybridized carbons (Fsp3) is 0. The minimum Gasteiger partial charge on any atom is -0.249 e. The van der Waals surface area contributed by atoms with Gasteiger partial charge in [-0.15, -0.1) is 12.6 Å². The fourth-order valence-electron chi connectivity index (χ4n) is 0.626. The second kappa shape index (κ2) is 3.98. The van der Waals surface area contributed by atoms with Crippen molar-refractivity contribution in [2.75, 3.05) is 0 Å². The van der Waals surface area contributed by atoms with Gasteiger partial charge in [0.1, 0.15) is 0 Å². The Balaban J connectivity index is 3.03. The van der Waals surface area contributed by atoms with Gasteiger partial charge in [-0.25, -0.2) is 4.99 Å². The number of hydrogen-bond acceptors (Lipinski definition) is 2. The maximum absolute atomic E-state index is 4.21. The van der Waals surface area contributed by atoms with Gasteiger partial charge >= 0.3 is 0 Å². The molecule has 0 atom stereocenters. The summed E-state index contributed by atoms with van der Waals surface area (Å²) < 4.78 is 1.73. The van der Waals surface area contributed by atoms with Crippen molar-refractivity contribution in [1.29, 1.82) is 0 Å². The van der Waals surface area contributed by atoms with Gasteiger partial charge in [0.25, 0.3) is 0 Å². The maximum Gasteiger partial charge on any atom is 0.0768 e. The monoisotopic (exact) mass is 263 g/mol. The molecule has 52 valence electrons. The van der Waals surface area contributed by atoms with Gasteiger partial charge in [-0.05, 0) is 34.7 Å². The van der Waals surface area contributed by atoms with E-state index < -0.39 is 0 Å². The fourth-order valence-corrected chi connectivity index (χ4v) is 1.14. The standard InChI is InChI=1S/C7H6INS/c8-5-9-6-3-1-2-4-7(6)10/h1-5,10H. The van der Waals surface area contributed by atoms with Crippen LogP contribution in [0.1, 0.15) is 0 Å². The van der Waals surface area contributed by atoms with Crippen molar-refractivity contribution < 1.29 is 0 Å². The van der Waals surface area contributed by atoms with Crippen LogP contribution in [0.3, 0.4) is 0 Å². The average Bonchev–Trinajstić information content (AvgIpc) is 1.94. The first-order valence-corrected chi connectivity index (χ1v) is 4.44. The lowest BCUT2D eigenvalue weighted by Gasteiger charge is -1.94. The summed E-state index contributed by atoms with van der Waals surface area (Å²) in [6.07, 6.45) is 0. The highest BCUT2D eigenvalue weighted by atomic mass is 127. The largest absolute Gasteiger partial charge is 0.249 e. The Hall–Kier alpha value is -0.0300. The summed E-state index contributed by atoms with van der Waals surface area (Å²) in [5, 5.41) is 0. The molecule has 0 amide bonds. The Morgan fingerprint density at radius 3 is 2.70 bits per heavy atom. The minimum absolute atomic E-state index is 0.912. The highest BCUT2D eigenvalue weighted by molar-refractivity contribution is 14.1. The molecule has 1 aromatic carbocycles. The molecule has 0 fully saturated rings. The molecule has 0 saturated carbocycles. The number of para-hydroxylation sites is 1. The van der Waals surface area contributed by atoms with Gasteiger partial charge in [-0.1, -0.05) is 12.1 Å². The first kappa shape index (κ1) is 8.07. The predicted molar refractivity (Wildman–Crippen MR) is 55.9 cm³/mol. The van der Waals surface area contributed by atoms with Crippen LogP contribution in [-0.2, 0) is 0 Å². The molecule has 0 bridgehead atoms. The molecule has 0 radical (unpaired) electrons. The van der Waals surface area contributed by atoms with Gasteiger partial charge in [0.05, 0.1) is 9.91 Å². The van der Waals surface area contributed by atoms with Crippen molar-refractivity contribution >= 4 is 45.1 Å². The smallest absolute Gasteiger partial charge is 0.0768 e. The normalized spacial score (nSPS) is 10.6. The predicted octanol–water partition coefficient (Wildman–Crippen LogP) is 3.07. The Labute approximate surface area is 79.1 Å². The van der Waals surface area contributed by atoms with Crippen LogP contribution in [-0.4, -0.2) is 4.22 Å². The lowest BCUT2D eigenvalue weighted by Crippen LogP contribution is -1.66. The molecule has 0 aliphatic rings. The van der Waals surface area contributed by atoms with Gasteiger partial charge in [0.2, 0.25) is 0 Å². The Kier molecular flexibility index (Phi) is 3.21. The second-order valence-electron chi connectivity index (χ2n) is 1.72. The van der Waals surface area contributed by atoms with E-state index in [1.807, 2.05) is 24.3 Å². The van der Waals surface area contributed by atoms with Crippen LogP contribution in [0, 0.1) is 0 Å². The Bertz CT molecular complexity index is 247. The summed E-state index contributed by atoms with van der Waals surface area (Å²) in [6.45, 7) is 0. The molecule has 0 N–H and O–H groups in total. The molecule has 0 spiro atoms. The van der Waals surface area contributed by atoms with Crippen LogP contribution in [0.4, 0.5) is 5.69 Å². The lowest BCUT2D eigenvalue weighted by atomic mass is 10.3. The zero-order valence-electron chi connectivity index (χ0n) is 5.16. The summed E-state index contributed by atoms with van der Waals surface area (Å²) in [7, 11) is 0. The number of aliphatic imine (C=N–C) groups is 1. The van der Waals surface area contributed by atoms with E-state index in [1.165, 1.54) is 0 Å². The number of thiol groups is 1. The summed E-state index contributed by atoms with van der Waals surface area (Å²) in [4.78, 5) is 5.00. The van der Waals surface area contributed by atoms with Crippen LogP contribution in [0.25, 0.3) is 0 Å². The van der Waals surface area contributed by atoms with Crippen LogP contribution in [0.5, 0.6) is 0 Å². The third-order valence-electron chi connectivity index (χ3n) is 1.07. The second-order valence-corrected chi connectivity index (χ2v) is 2.75. The molecular formula is C7H6INS. The summed E-state index contributed by atoms with van der Waals surface area (Å²) in [5.41, 5.74) is 0.917. The number of hydrogen-bond donors (Lipinski definition) is 1. The highest BCUT2D eigenvalue weighted by Gasteiger charge is 1.90. The number of nitrogens with zero attached hydrogens (tertiary/aromatic N) is 1. The van der Waals surface area contributed by atoms with E-state index in [-0.39, 0.29) is 0 Å². The zero-order chi connectivity index (χ0) is 7.40. The van der Waals surface area contributed by atoms with Crippen molar-refractivity contribution in [3.63, 3.8) is 0 Å². The van der Waals surface area contributed by atoms with E-state index in [0.29, 0.717) is 0 Å². The van der Waals surface area contributed by atoms with Crippen LogP contribution in [0.15, 0.2) is 34.2 Å². The summed E-state index contributed by atoms with van der Waals surface area (Å²) in [6, 6.07) is 7.73. The molecule has 1 rings (SSSR count).